The molecule has 0 aliphatic heterocycles. The number of carbonyl (C=O) groups is 1. The quantitative estimate of drug-likeness (QED) is 0.685. The molecule has 0 amide bonds. The van der Waals surface area contributed by atoms with Gasteiger partial charge < -0.3 is 9.15 Å². The lowest BCUT2D eigenvalue weighted by atomic mass is 10.1. The van der Waals surface area contributed by atoms with Gasteiger partial charge in [-0.15, -0.1) is 0 Å². The van der Waals surface area contributed by atoms with Crippen molar-refractivity contribution < 1.29 is 13.9 Å². The number of hydrogen-bond donors (Lipinski definition) is 0. The van der Waals surface area contributed by atoms with Gasteiger partial charge in [-0.25, -0.2) is 4.98 Å². The van der Waals surface area contributed by atoms with E-state index >= 15 is 0 Å². The van der Waals surface area contributed by atoms with E-state index < -0.39 is 0 Å². The van der Waals surface area contributed by atoms with Crippen LogP contribution in [-0.2, 0) is 0 Å². The first kappa shape index (κ1) is 13.1. The first-order valence-corrected chi connectivity index (χ1v) is 6.47. The highest BCUT2D eigenvalue weighted by Crippen LogP contribution is 2.20. The Morgan fingerprint density at radius 1 is 1.05 bits per heavy atom. The number of ether oxygens (including phenoxy) is 1. The molecule has 0 radical (unpaired) electrons. The van der Waals surface area contributed by atoms with Gasteiger partial charge in [-0.3, -0.25) is 4.79 Å². The van der Waals surface area contributed by atoms with E-state index in [0.717, 1.165) is 5.56 Å². The van der Waals surface area contributed by atoms with Gasteiger partial charge in [-0.05, 0) is 36.4 Å². The lowest BCUT2D eigenvalue weighted by molar-refractivity contribution is 0.103. The minimum atomic E-state index is -0.177. The highest BCUT2D eigenvalue weighted by atomic mass is 16.5. The fourth-order valence-electron chi connectivity index (χ4n) is 1.98. The molecule has 0 spiro atoms. The second-order valence-electron chi connectivity index (χ2n) is 4.46. The number of methoxy groups -OCH3 is 1. The third kappa shape index (κ3) is 2.69. The van der Waals surface area contributed by atoms with Crippen molar-refractivity contribution in [1.82, 2.24) is 4.98 Å². The summed E-state index contributed by atoms with van der Waals surface area (Å²) in [6.07, 6.45) is 1.38. The van der Waals surface area contributed by atoms with Gasteiger partial charge in [-0.2, -0.15) is 0 Å². The van der Waals surface area contributed by atoms with E-state index in [0.29, 0.717) is 22.9 Å². The summed E-state index contributed by atoms with van der Waals surface area (Å²) in [4.78, 5) is 16.6. The summed E-state index contributed by atoms with van der Waals surface area (Å²) in [7, 11) is 1.58. The van der Waals surface area contributed by atoms with Crippen LogP contribution in [0.3, 0.4) is 0 Å². The van der Waals surface area contributed by atoms with Crippen LogP contribution < -0.4 is 4.74 Å². The summed E-state index contributed by atoms with van der Waals surface area (Å²) in [5.74, 6) is 0.965. The van der Waals surface area contributed by atoms with E-state index in [1.165, 1.54) is 6.26 Å². The molecule has 0 saturated carbocycles. The highest BCUT2D eigenvalue weighted by Gasteiger charge is 2.15. The van der Waals surface area contributed by atoms with Crippen LogP contribution in [0.2, 0.25) is 0 Å². The molecule has 1 aromatic heterocycles. The van der Waals surface area contributed by atoms with Crippen molar-refractivity contribution in [3.63, 3.8) is 0 Å². The Morgan fingerprint density at radius 3 is 2.43 bits per heavy atom. The average molecular weight is 279 g/mol. The molecule has 21 heavy (non-hydrogen) atoms. The van der Waals surface area contributed by atoms with Crippen LogP contribution in [0.4, 0.5) is 0 Å². The topological polar surface area (TPSA) is 52.3 Å². The number of ketones is 1. The third-order valence-corrected chi connectivity index (χ3v) is 3.11. The Labute approximate surface area is 122 Å². The van der Waals surface area contributed by atoms with Gasteiger partial charge in [0.2, 0.25) is 11.7 Å². The van der Waals surface area contributed by atoms with E-state index in [2.05, 4.69) is 4.98 Å². The van der Waals surface area contributed by atoms with Crippen LogP contribution in [0.25, 0.3) is 11.5 Å². The molecule has 0 bridgehead atoms. The van der Waals surface area contributed by atoms with E-state index in [-0.39, 0.29) is 5.78 Å². The molecule has 0 unspecified atom stereocenters. The van der Waals surface area contributed by atoms with E-state index in [1.807, 2.05) is 30.3 Å². The zero-order chi connectivity index (χ0) is 14.7. The largest absolute Gasteiger partial charge is 0.497 e. The molecule has 0 N–H and O–H groups in total. The van der Waals surface area contributed by atoms with E-state index in [1.54, 1.807) is 31.4 Å². The van der Waals surface area contributed by atoms with Crippen LogP contribution >= 0.6 is 0 Å². The minimum Gasteiger partial charge on any atom is -0.497 e. The molecule has 0 saturated heterocycles. The lowest BCUT2D eigenvalue weighted by Crippen LogP contribution is -2.01. The molecular weight excluding hydrogens is 266 g/mol. The molecule has 0 fully saturated rings. The molecule has 4 heteroatoms. The predicted molar refractivity (Wildman–Crippen MR) is 78.4 cm³/mol. The highest BCUT2D eigenvalue weighted by molar-refractivity contribution is 6.07. The number of oxazole rings is 1. The maximum atomic E-state index is 12.3. The summed E-state index contributed by atoms with van der Waals surface area (Å²) in [6, 6.07) is 16.4. The van der Waals surface area contributed by atoms with Crippen LogP contribution in [-0.4, -0.2) is 17.9 Å². The molecule has 3 rings (SSSR count). The molecule has 2 aromatic carbocycles. The van der Waals surface area contributed by atoms with Gasteiger partial charge in [0.1, 0.15) is 12.0 Å². The molecule has 104 valence electrons. The maximum Gasteiger partial charge on any atom is 0.226 e. The first-order chi connectivity index (χ1) is 10.3. The zero-order valence-corrected chi connectivity index (χ0v) is 11.4. The van der Waals surface area contributed by atoms with Gasteiger partial charge >= 0.3 is 0 Å². The summed E-state index contributed by atoms with van der Waals surface area (Å²) in [5.41, 5.74) is 1.68. The van der Waals surface area contributed by atoms with Gasteiger partial charge in [0, 0.05) is 11.1 Å². The van der Waals surface area contributed by atoms with Gasteiger partial charge in [0.25, 0.3) is 0 Å². The Morgan fingerprint density at radius 2 is 1.76 bits per heavy atom. The number of carbonyl (C=O) groups excluding carboxylic acids is 1. The third-order valence-electron chi connectivity index (χ3n) is 3.11. The monoisotopic (exact) mass is 279 g/mol. The molecule has 4 nitrogen and oxygen atoms in total. The number of aromatic nitrogens is 1. The van der Waals surface area contributed by atoms with Crippen molar-refractivity contribution in [1.29, 1.82) is 0 Å². The van der Waals surface area contributed by atoms with Crippen molar-refractivity contribution in [2.24, 2.45) is 0 Å². The average Bonchev–Trinajstić information content (AvgIpc) is 3.05. The summed E-state index contributed by atoms with van der Waals surface area (Å²) >= 11 is 0. The van der Waals surface area contributed by atoms with Crippen molar-refractivity contribution in [2.45, 2.75) is 0 Å². The van der Waals surface area contributed by atoms with Gasteiger partial charge in [-0.1, -0.05) is 18.2 Å². The Kier molecular flexibility index (Phi) is 3.51. The lowest BCUT2D eigenvalue weighted by Gasteiger charge is -2.00. The predicted octanol–water partition coefficient (Wildman–Crippen LogP) is 3.58. The van der Waals surface area contributed by atoms with Crippen molar-refractivity contribution >= 4 is 5.78 Å². The van der Waals surface area contributed by atoms with Gasteiger partial charge in [0.05, 0.1) is 7.11 Å². The maximum absolute atomic E-state index is 12.3. The Hall–Kier alpha value is -2.88. The van der Waals surface area contributed by atoms with Crippen molar-refractivity contribution in [3.05, 3.63) is 72.1 Å². The Bertz CT molecular complexity index is 745. The van der Waals surface area contributed by atoms with Crippen LogP contribution in [0.15, 0.2) is 65.3 Å². The SMILES string of the molecule is COc1ccc(C(=O)c2coc(-c3ccccc3)n2)cc1. The number of benzene rings is 2. The molecule has 0 aliphatic carbocycles. The fraction of sp³-hybridized carbons (Fsp3) is 0.0588. The standard InChI is InChI=1S/C17H13NO3/c1-20-14-9-7-12(8-10-14)16(19)15-11-21-17(18-15)13-5-3-2-4-6-13/h2-11H,1H3. The summed E-state index contributed by atoms with van der Waals surface area (Å²) < 4.78 is 10.5. The van der Waals surface area contributed by atoms with Gasteiger partial charge in [0.15, 0.2) is 5.69 Å². The smallest absolute Gasteiger partial charge is 0.226 e. The molecular formula is C17H13NO3. The first-order valence-electron chi connectivity index (χ1n) is 6.47. The molecule has 0 aliphatic rings. The van der Waals surface area contributed by atoms with E-state index in [4.69, 9.17) is 9.15 Å². The number of hydrogen-bond acceptors (Lipinski definition) is 4. The summed E-state index contributed by atoms with van der Waals surface area (Å²) in [6.45, 7) is 0. The fourth-order valence-corrected chi connectivity index (χ4v) is 1.98. The summed E-state index contributed by atoms with van der Waals surface area (Å²) in [5, 5.41) is 0. The second-order valence-corrected chi connectivity index (χ2v) is 4.46. The van der Waals surface area contributed by atoms with Crippen LogP contribution in [0, 0.1) is 0 Å². The van der Waals surface area contributed by atoms with Crippen LogP contribution in [0.1, 0.15) is 16.1 Å². The van der Waals surface area contributed by atoms with Crippen molar-refractivity contribution in [2.75, 3.05) is 7.11 Å². The Balaban J connectivity index is 1.87. The number of nitrogens with zero attached hydrogens (tertiary/aromatic N) is 1. The zero-order valence-electron chi connectivity index (χ0n) is 11.4. The molecule has 3 aromatic rings. The molecule has 1 heterocycles. The normalized spacial score (nSPS) is 10.3. The van der Waals surface area contributed by atoms with Crippen LogP contribution in [0.5, 0.6) is 5.75 Å². The number of rotatable bonds is 4. The molecule has 0 atom stereocenters. The minimum absolute atomic E-state index is 0.177. The van der Waals surface area contributed by atoms with E-state index in [9.17, 15) is 4.79 Å². The van der Waals surface area contributed by atoms with Crippen molar-refractivity contribution in [3.8, 4) is 17.2 Å². The second kappa shape index (κ2) is 5.63.